The molecule has 0 saturated carbocycles. The van der Waals surface area contributed by atoms with Gasteiger partial charge in [-0.25, -0.2) is 9.97 Å². The van der Waals surface area contributed by atoms with E-state index in [4.69, 9.17) is 15.7 Å². The van der Waals surface area contributed by atoms with Crippen molar-refractivity contribution in [3.05, 3.63) is 95.1 Å². The summed E-state index contributed by atoms with van der Waals surface area (Å²) >= 11 is 0. The molecule has 4 N–H and O–H groups in total. The van der Waals surface area contributed by atoms with Crippen LogP contribution >= 0.6 is 0 Å². The molecule has 6 aromatic rings. The van der Waals surface area contributed by atoms with Crippen LogP contribution in [-0.2, 0) is 26.2 Å². The van der Waals surface area contributed by atoms with E-state index in [1.165, 1.54) is 0 Å². The highest BCUT2D eigenvalue weighted by atomic mass is 16.2. The molecule has 52 heavy (non-hydrogen) atoms. The predicted octanol–water partition coefficient (Wildman–Crippen LogP) is 4.62. The molecule has 4 heterocycles. The van der Waals surface area contributed by atoms with Crippen LogP contribution in [0.25, 0.3) is 22.1 Å². The molecule has 15 nitrogen and oxygen atoms in total. The number of para-hydroxylation sites is 2. The van der Waals surface area contributed by atoms with Crippen LogP contribution < -0.4 is 16.4 Å². The van der Waals surface area contributed by atoms with Crippen molar-refractivity contribution >= 4 is 51.7 Å². The maximum Gasteiger partial charge on any atom is 0.276 e. The van der Waals surface area contributed by atoms with Crippen LogP contribution in [-0.4, -0.2) is 81.4 Å². The lowest BCUT2D eigenvalue weighted by molar-refractivity contribution is 0.0794. The summed E-state index contributed by atoms with van der Waals surface area (Å²) in [6.45, 7) is 10.4. The van der Waals surface area contributed by atoms with Gasteiger partial charge in [-0.15, -0.1) is 0 Å². The smallest absolute Gasteiger partial charge is 0.276 e. The molecule has 0 radical (unpaired) electrons. The first-order valence-electron chi connectivity index (χ1n) is 17.4. The first-order chi connectivity index (χ1) is 25.1. The third kappa shape index (κ3) is 7.35. The molecule has 0 saturated heterocycles. The Morgan fingerprint density at radius 1 is 0.769 bits per heavy atom. The van der Waals surface area contributed by atoms with Gasteiger partial charge in [-0.2, -0.15) is 10.2 Å². The number of aromatic nitrogens is 8. The second kappa shape index (κ2) is 15.4. The van der Waals surface area contributed by atoms with E-state index in [-0.39, 0.29) is 17.7 Å². The van der Waals surface area contributed by atoms with Crippen molar-refractivity contribution in [2.24, 2.45) is 5.73 Å². The highest BCUT2D eigenvalue weighted by Crippen LogP contribution is 2.24. The molecule has 0 unspecified atom stereocenters. The lowest BCUT2D eigenvalue weighted by Gasteiger charge is -2.16. The summed E-state index contributed by atoms with van der Waals surface area (Å²) in [6.07, 6.45) is 4.64. The zero-order valence-electron chi connectivity index (χ0n) is 30.1. The Kier molecular flexibility index (Phi) is 10.6. The molecular weight excluding hydrogens is 660 g/mol. The zero-order chi connectivity index (χ0) is 36.9. The molecule has 3 amide bonds. The normalized spacial score (nSPS) is 11.6. The number of hydrogen-bond donors (Lipinski definition) is 3. The van der Waals surface area contributed by atoms with Gasteiger partial charge in [-0.05, 0) is 83.1 Å². The number of imidazole rings is 2. The Morgan fingerprint density at radius 3 is 1.87 bits per heavy atom. The molecule has 0 atom stereocenters. The summed E-state index contributed by atoms with van der Waals surface area (Å²) in [4.78, 5) is 51.2. The fourth-order valence-corrected chi connectivity index (χ4v) is 6.18. The first-order valence-corrected chi connectivity index (χ1v) is 17.4. The van der Waals surface area contributed by atoms with Crippen LogP contribution in [0.5, 0.6) is 0 Å². The summed E-state index contributed by atoms with van der Waals surface area (Å²) in [5.74, 6) is -0.0321. The summed E-state index contributed by atoms with van der Waals surface area (Å²) in [5, 5.41) is 14.8. The number of fused-ring (bicyclic) bond motifs is 2. The second-order valence-corrected chi connectivity index (χ2v) is 12.5. The minimum atomic E-state index is -0.342. The number of carbonyl (C=O) groups is 3. The van der Waals surface area contributed by atoms with Crippen LogP contribution in [0.1, 0.15) is 63.0 Å². The molecule has 0 fully saturated rings. The maximum atomic E-state index is 13.5. The van der Waals surface area contributed by atoms with Gasteiger partial charge in [0, 0.05) is 45.3 Å². The number of nitrogens with two attached hydrogens (primary N) is 1. The van der Waals surface area contributed by atoms with Crippen LogP contribution in [0.4, 0.5) is 11.9 Å². The fraction of sp³-hybridized carbons (Fsp3) is 0.324. The molecule has 4 aromatic heterocycles. The van der Waals surface area contributed by atoms with E-state index in [9.17, 15) is 14.4 Å². The number of carbonyl (C=O) groups excluding carboxylic acids is 3. The topological polar surface area (TPSA) is 176 Å². The van der Waals surface area contributed by atoms with Crippen molar-refractivity contribution in [1.82, 2.24) is 43.6 Å². The average Bonchev–Trinajstić information content (AvgIpc) is 3.90. The lowest BCUT2D eigenvalue weighted by atomic mass is 10.1. The highest BCUT2D eigenvalue weighted by Gasteiger charge is 2.21. The second-order valence-electron chi connectivity index (χ2n) is 12.5. The molecule has 6 rings (SSSR count). The van der Waals surface area contributed by atoms with Gasteiger partial charge < -0.3 is 19.8 Å². The van der Waals surface area contributed by atoms with Gasteiger partial charge in [-0.3, -0.25) is 34.4 Å². The van der Waals surface area contributed by atoms with Crippen molar-refractivity contribution < 1.29 is 14.4 Å². The number of aryl methyl sites for hydroxylation is 4. The highest BCUT2D eigenvalue weighted by molar-refractivity contribution is 6.04. The van der Waals surface area contributed by atoms with Crippen molar-refractivity contribution in [3.8, 4) is 0 Å². The number of allylic oxidation sites excluding steroid dienone is 2. The predicted molar refractivity (Wildman–Crippen MR) is 200 cm³/mol. The van der Waals surface area contributed by atoms with Crippen molar-refractivity contribution in [2.75, 3.05) is 30.8 Å². The molecule has 0 aliphatic carbocycles. The van der Waals surface area contributed by atoms with E-state index in [0.717, 1.165) is 27.9 Å². The lowest BCUT2D eigenvalue weighted by Crippen LogP contribution is -2.28. The maximum absolute atomic E-state index is 13.5. The quantitative estimate of drug-likeness (QED) is 0.138. The number of nitrogens with one attached hydrogen (secondary N) is 2. The number of benzene rings is 2. The zero-order valence-corrected chi connectivity index (χ0v) is 30.1. The van der Waals surface area contributed by atoms with Gasteiger partial charge in [0.25, 0.3) is 17.7 Å². The minimum absolute atomic E-state index is 0.137. The van der Waals surface area contributed by atoms with Crippen LogP contribution in [0.15, 0.2) is 66.7 Å². The monoisotopic (exact) mass is 704 g/mol. The van der Waals surface area contributed by atoms with Gasteiger partial charge in [0.1, 0.15) is 11.4 Å². The first kappa shape index (κ1) is 35.7. The third-order valence-electron chi connectivity index (χ3n) is 8.76. The van der Waals surface area contributed by atoms with E-state index in [0.29, 0.717) is 80.1 Å². The Labute approximate surface area is 301 Å². The van der Waals surface area contributed by atoms with E-state index >= 15 is 0 Å². The molecule has 0 spiro atoms. The van der Waals surface area contributed by atoms with Gasteiger partial charge in [0.15, 0.2) is 0 Å². The Balaban J connectivity index is 1.29. The van der Waals surface area contributed by atoms with E-state index < -0.39 is 0 Å². The molecule has 2 aromatic carbocycles. The number of rotatable bonds is 14. The number of amides is 3. The summed E-state index contributed by atoms with van der Waals surface area (Å²) in [7, 11) is 1.75. The molecule has 15 heteroatoms. The molecule has 270 valence electrons. The number of anilines is 2. The fourth-order valence-electron chi connectivity index (χ4n) is 6.18. The Hall–Kier alpha value is -6.09. The molecule has 0 aliphatic rings. The summed E-state index contributed by atoms with van der Waals surface area (Å²) in [5.41, 5.74) is 11.4. The standard InChI is InChI=1S/C37H44N12O3/c1-6-48-31(21-24(3)43-48)33(50)41-36-39-27-13-8-9-14-29(27)46(36)19-10-11-20-47-30-16-15-26(35(52)45(5)18-12-17-38)23-28(30)40-37(47)42-34(51)32-22-25(4)44-49(32)7-2/h8-11,13-16,21-23H,6-7,12,17-20,38H2,1-5H3,(H,39,41,50)(H,40,42,51)/b11-10+. The van der Waals surface area contributed by atoms with Gasteiger partial charge >= 0.3 is 0 Å². The minimum Gasteiger partial charge on any atom is -0.342 e. The van der Waals surface area contributed by atoms with E-state index in [2.05, 4.69) is 20.8 Å². The van der Waals surface area contributed by atoms with Gasteiger partial charge in [-0.1, -0.05) is 24.3 Å². The molecule has 0 aliphatic heterocycles. The van der Waals surface area contributed by atoms with Crippen LogP contribution in [0.3, 0.4) is 0 Å². The van der Waals surface area contributed by atoms with E-state index in [1.54, 1.807) is 45.6 Å². The number of hydrogen-bond acceptors (Lipinski definition) is 8. The van der Waals surface area contributed by atoms with Crippen LogP contribution in [0, 0.1) is 13.8 Å². The molecular formula is C37H44N12O3. The molecule has 0 bridgehead atoms. The third-order valence-corrected chi connectivity index (χ3v) is 8.76. The Bertz CT molecular complexity index is 2290. The van der Waals surface area contributed by atoms with Crippen molar-refractivity contribution in [2.45, 2.75) is 60.3 Å². The SMILES string of the molecule is CCn1nc(C)cc1C(=O)Nc1nc2ccccc2n1C/C=C/Cn1c(NC(=O)c2cc(C)nn2CC)nc2cc(C(=O)N(C)CCCN)ccc21. The van der Waals surface area contributed by atoms with Gasteiger partial charge in [0.05, 0.1) is 33.5 Å². The largest absolute Gasteiger partial charge is 0.342 e. The van der Waals surface area contributed by atoms with Crippen LogP contribution in [0.2, 0.25) is 0 Å². The summed E-state index contributed by atoms with van der Waals surface area (Å²) < 4.78 is 7.14. The van der Waals surface area contributed by atoms with Crippen molar-refractivity contribution in [1.29, 1.82) is 0 Å². The summed E-state index contributed by atoms with van der Waals surface area (Å²) in [6, 6.07) is 16.5. The van der Waals surface area contributed by atoms with Gasteiger partial charge in [0.2, 0.25) is 11.9 Å². The Morgan fingerprint density at radius 2 is 1.31 bits per heavy atom. The van der Waals surface area contributed by atoms with Crippen molar-refractivity contribution in [3.63, 3.8) is 0 Å². The van der Waals surface area contributed by atoms with E-state index in [1.807, 2.05) is 79.3 Å². The average molecular weight is 705 g/mol. The number of nitrogens with zero attached hydrogens (tertiary/aromatic N) is 9.